The highest BCUT2D eigenvalue weighted by molar-refractivity contribution is 6.04. The van der Waals surface area contributed by atoms with Gasteiger partial charge in [0.25, 0.3) is 5.91 Å². The molecule has 0 aromatic heterocycles. The second-order valence-corrected chi connectivity index (χ2v) is 4.87. The third-order valence-corrected chi connectivity index (χ3v) is 3.13. The second kappa shape index (κ2) is 5.75. The number of anilines is 1. The van der Waals surface area contributed by atoms with E-state index in [1.807, 2.05) is 31.2 Å². The molecule has 0 spiro atoms. The van der Waals surface area contributed by atoms with Gasteiger partial charge in [-0.2, -0.15) is 0 Å². The van der Waals surface area contributed by atoms with Gasteiger partial charge in [0, 0.05) is 17.3 Å². The van der Waals surface area contributed by atoms with Gasteiger partial charge in [-0.05, 0) is 55.3 Å². The first kappa shape index (κ1) is 14.1. The maximum Gasteiger partial charge on any atom is 0.255 e. The topological polar surface area (TPSA) is 75.4 Å². The van der Waals surface area contributed by atoms with E-state index in [1.54, 1.807) is 19.1 Å². The molecular formula is C16H18N2O2. The van der Waals surface area contributed by atoms with Crippen molar-refractivity contribution in [3.05, 3.63) is 59.2 Å². The lowest BCUT2D eigenvalue weighted by molar-refractivity contribution is 0.102. The van der Waals surface area contributed by atoms with E-state index in [1.165, 1.54) is 6.07 Å². The summed E-state index contributed by atoms with van der Waals surface area (Å²) in [5.74, 6) is -0.0320. The number of nitrogens with two attached hydrogens (primary N) is 1. The van der Waals surface area contributed by atoms with Crippen LogP contribution in [-0.2, 0) is 0 Å². The number of benzene rings is 2. The molecule has 1 atom stereocenters. The maximum absolute atomic E-state index is 12.1. The Hall–Kier alpha value is -2.33. The Morgan fingerprint density at radius 1 is 1.25 bits per heavy atom. The minimum atomic E-state index is -0.213. The Balaban J connectivity index is 2.19. The number of carbonyl (C=O) groups is 1. The summed E-state index contributed by atoms with van der Waals surface area (Å²) in [6.07, 6.45) is 0. The Bertz CT molecular complexity index is 636. The molecule has 104 valence electrons. The van der Waals surface area contributed by atoms with Gasteiger partial charge in [0.15, 0.2) is 0 Å². The predicted molar refractivity (Wildman–Crippen MR) is 79.8 cm³/mol. The third-order valence-electron chi connectivity index (χ3n) is 3.13. The van der Waals surface area contributed by atoms with Crippen LogP contribution in [-0.4, -0.2) is 11.0 Å². The highest BCUT2D eigenvalue weighted by Crippen LogP contribution is 2.19. The van der Waals surface area contributed by atoms with Crippen LogP contribution in [0.4, 0.5) is 5.69 Å². The Morgan fingerprint density at radius 3 is 2.65 bits per heavy atom. The van der Waals surface area contributed by atoms with Gasteiger partial charge in [-0.3, -0.25) is 4.79 Å². The monoisotopic (exact) mass is 270 g/mol. The molecule has 0 aliphatic rings. The molecule has 0 radical (unpaired) electrons. The summed E-state index contributed by atoms with van der Waals surface area (Å²) in [5.41, 5.74) is 8.66. The van der Waals surface area contributed by atoms with Crippen molar-refractivity contribution in [2.75, 3.05) is 5.32 Å². The van der Waals surface area contributed by atoms with Gasteiger partial charge >= 0.3 is 0 Å². The Kier molecular flexibility index (Phi) is 4.05. The van der Waals surface area contributed by atoms with Crippen LogP contribution >= 0.6 is 0 Å². The van der Waals surface area contributed by atoms with E-state index in [2.05, 4.69) is 5.32 Å². The number of aromatic hydroxyl groups is 1. The molecule has 4 N–H and O–H groups in total. The van der Waals surface area contributed by atoms with E-state index in [0.29, 0.717) is 16.8 Å². The first-order valence-corrected chi connectivity index (χ1v) is 6.44. The fourth-order valence-electron chi connectivity index (χ4n) is 1.90. The van der Waals surface area contributed by atoms with Crippen LogP contribution in [0.15, 0.2) is 42.5 Å². The van der Waals surface area contributed by atoms with Crippen molar-refractivity contribution in [3.8, 4) is 5.75 Å². The lowest BCUT2D eigenvalue weighted by Crippen LogP contribution is -2.13. The molecule has 0 heterocycles. The summed E-state index contributed by atoms with van der Waals surface area (Å²) in [6, 6.07) is 12.1. The molecule has 0 saturated carbocycles. The molecule has 4 heteroatoms. The van der Waals surface area contributed by atoms with Crippen LogP contribution in [0.2, 0.25) is 0 Å². The number of hydrogen-bond acceptors (Lipinski definition) is 3. The fraction of sp³-hybridized carbons (Fsp3) is 0.188. The average molecular weight is 270 g/mol. The molecule has 0 fully saturated rings. The normalized spacial score (nSPS) is 11.9. The first-order valence-electron chi connectivity index (χ1n) is 6.44. The van der Waals surface area contributed by atoms with Gasteiger partial charge in [-0.1, -0.05) is 12.1 Å². The lowest BCUT2D eigenvalue weighted by Gasteiger charge is -2.10. The molecule has 0 bridgehead atoms. The first-order chi connectivity index (χ1) is 9.47. The minimum Gasteiger partial charge on any atom is -0.508 e. The number of nitrogens with one attached hydrogen (secondary N) is 1. The summed E-state index contributed by atoms with van der Waals surface area (Å²) >= 11 is 0. The standard InChI is InChI=1S/C16H18N2O2/c1-10-8-13(6-7-15(10)19)16(20)18-14-5-3-4-12(9-14)11(2)17/h3-9,11,19H,17H2,1-2H3,(H,18,20). The van der Waals surface area contributed by atoms with Crippen molar-refractivity contribution in [2.24, 2.45) is 5.73 Å². The van der Waals surface area contributed by atoms with E-state index < -0.39 is 0 Å². The van der Waals surface area contributed by atoms with E-state index >= 15 is 0 Å². The number of hydrogen-bond donors (Lipinski definition) is 3. The van der Waals surface area contributed by atoms with Gasteiger partial charge in [-0.25, -0.2) is 0 Å². The second-order valence-electron chi connectivity index (χ2n) is 4.87. The number of phenols is 1. The van der Waals surface area contributed by atoms with Crippen LogP contribution in [0, 0.1) is 6.92 Å². The van der Waals surface area contributed by atoms with Gasteiger partial charge in [0.1, 0.15) is 5.75 Å². The third kappa shape index (κ3) is 3.16. The van der Waals surface area contributed by atoms with Crippen molar-refractivity contribution < 1.29 is 9.90 Å². The number of carbonyl (C=O) groups excluding carboxylic acids is 1. The molecule has 4 nitrogen and oxygen atoms in total. The minimum absolute atomic E-state index is 0.0808. The lowest BCUT2D eigenvalue weighted by atomic mass is 10.1. The van der Waals surface area contributed by atoms with Crippen molar-refractivity contribution in [1.29, 1.82) is 0 Å². The van der Waals surface area contributed by atoms with Gasteiger partial charge in [-0.15, -0.1) is 0 Å². The smallest absolute Gasteiger partial charge is 0.255 e. The molecule has 20 heavy (non-hydrogen) atoms. The van der Waals surface area contributed by atoms with Crippen LogP contribution in [0.5, 0.6) is 5.75 Å². The van der Waals surface area contributed by atoms with Crippen molar-refractivity contribution in [3.63, 3.8) is 0 Å². The molecule has 0 aliphatic heterocycles. The Labute approximate surface area is 118 Å². The SMILES string of the molecule is Cc1cc(C(=O)Nc2cccc(C(C)N)c2)ccc1O. The van der Waals surface area contributed by atoms with Crippen LogP contribution < -0.4 is 11.1 Å². The Morgan fingerprint density at radius 2 is 2.00 bits per heavy atom. The molecule has 1 amide bonds. The summed E-state index contributed by atoms with van der Waals surface area (Å²) < 4.78 is 0. The highest BCUT2D eigenvalue weighted by atomic mass is 16.3. The zero-order valence-electron chi connectivity index (χ0n) is 11.6. The number of phenolic OH excluding ortho intramolecular Hbond substituents is 1. The summed E-state index contributed by atoms with van der Waals surface area (Å²) in [5, 5.41) is 12.3. The van der Waals surface area contributed by atoms with Gasteiger partial charge < -0.3 is 16.2 Å². The zero-order valence-corrected chi connectivity index (χ0v) is 11.6. The molecule has 2 rings (SSSR count). The molecule has 2 aromatic carbocycles. The summed E-state index contributed by atoms with van der Waals surface area (Å²) in [6.45, 7) is 3.65. The largest absolute Gasteiger partial charge is 0.508 e. The van der Waals surface area contributed by atoms with Gasteiger partial charge in [0.2, 0.25) is 0 Å². The van der Waals surface area contributed by atoms with E-state index in [4.69, 9.17) is 5.73 Å². The fourth-order valence-corrected chi connectivity index (χ4v) is 1.90. The quantitative estimate of drug-likeness (QED) is 0.802. The molecule has 0 saturated heterocycles. The maximum atomic E-state index is 12.1. The van der Waals surface area contributed by atoms with Crippen LogP contribution in [0.1, 0.15) is 34.5 Å². The van der Waals surface area contributed by atoms with Crippen LogP contribution in [0.25, 0.3) is 0 Å². The summed E-state index contributed by atoms with van der Waals surface area (Å²) in [7, 11) is 0. The highest BCUT2D eigenvalue weighted by Gasteiger charge is 2.08. The van der Waals surface area contributed by atoms with E-state index in [9.17, 15) is 9.90 Å². The summed E-state index contributed by atoms with van der Waals surface area (Å²) in [4.78, 5) is 12.1. The number of aryl methyl sites for hydroxylation is 1. The molecular weight excluding hydrogens is 252 g/mol. The van der Waals surface area contributed by atoms with Crippen molar-refractivity contribution >= 4 is 11.6 Å². The van der Waals surface area contributed by atoms with Crippen molar-refractivity contribution in [2.45, 2.75) is 19.9 Å². The number of rotatable bonds is 3. The predicted octanol–water partition coefficient (Wildman–Crippen LogP) is 2.97. The average Bonchev–Trinajstić information content (AvgIpc) is 2.42. The van der Waals surface area contributed by atoms with Gasteiger partial charge in [0.05, 0.1) is 0 Å². The number of amides is 1. The van der Waals surface area contributed by atoms with E-state index in [0.717, 1.165) is 5.56 Å². The zero-order chi connectivity index (χ0) is 14.7. The molecule has 0 aliphatic carbocycles. The molecule has 2 aromatic rings. The van der Waals surface area contributed by atoms with Crippen molar-refractivity contribution in [1.82, 2.24) is 0 Å². The van der Waals surface area contributed by atoms with E-state index in [-0.39, 0.29) is 17.7 Å². The van der Waals surface area contributed by atoms with Crippen LogP contribution in [0.3, 0.4) is 0 Å². The molecule has 1 unspecified atom stereocenters.